The Balaban J connectivity index is 1.64. The summed E-state index contributed by atoms with van der Waals surface area (Å²) in [4.78, 5) is 13.3. The number of carbonyl (C=O) groups is 1. The summed E-state index contributed by atoms with van der Waals surface area (Å²) in [5.41, 5.74) is 0.374. The molecule has 0 aliphatic rings. The van der Waals surface area contributed by atoms with Crippen molar-refractivity contribution in [1.29, 1.82) is 0 Å². The van der Waals surface area contributed by atoms with Crippen LogP contribution in [0, 0.1) is 5.82 Å². The number of thioether (sulfide) groups is 1. The molecule has 7 heteroatoms. The first-order chi connectivity index (χ1) is 11.1. The summed E-state index contributed by atoms with van der Waals surface area (Å²) < 4.78 is 15.0. The van der Waals surface area contributed by atoms with E-state index in [1.807, 2.05) is 23.1 Å². The number of hydrogen-bond donors (Lipinski definition) is 0. The summed E-state index contributed by atoms with van der Waals surface area (Å²) >= 11 is 2.99. The minimum absolute atomic E-state index is 0.127. The maximum atomic E-state index is 13.2. The lowest BCUT2D eigenvalue weighted by molar-refractivity contribution is 0.102. The molecule has 0 aliphatic heterocycles. The first kappa shape index (κ1) is 15.9. The van der Waals surface area contributed by atoms with Crippen LogP contribution in [0.1, 0.15) is 21.1 Å². The first-order valence-electron chi connectivity index (χ1n) is 6.95. The molecule has 0 saturated carbocycles. The summed E-state index contributed by atoms with van der Waals surface area (Å²) in [5, 5.41) is 11.0. The molecular formula is C16H14FN3OS2. The predicted octanol–water partition coefficient (Wildman–Crippen LogP) is 3.58. The molecule has 0 amide bonds. The van der Waals surface area contributed by atoms with Gasteiger partial charge in [-0.3, -0.25) is 4.79 Å². The Morgan fingerprint density at radius 2 is 2.17 bits per heavy atom. The van der Waals surface area contributed by atoms with E-state index in [0.717, 1.165) is 12.2 Å². The number of halogens is 1. The quantitative estimate of drug-likeness (QED) is 0.505. The maximum absolute atomic E-state index is 13.2. The molecule has 0 saturated heterocycles. The van der Waals surface area contributed by atoms with E-state index >= 15 is 0 Å². The predicted molar refractivity (Wildman–Crippen MR) is 89.6 cm³/mol. The van der Waals surface area contributed by atoms with Crippen LogP contribution in [0.5, 0.6) is 0 Å². The second-order valence-corrected chi connectivity index (χ2v) is 6.91. The summed E-state index contributed by atoms with van der Waals surface area (Å²) in [6, 6.07) is 9.79. The molecule has 1 aromatic carbocycles. The van der Waals surface area contributed by atoms with E-state index in [-0.39, 0.29) is 11.5 Å². The number of rotatable bonds is 6. The summed E-state index contributed by atoms with van der Waals surface area (Å²) in [6.45, 7) is 0. The SMILES string of the molecule is Cn1c(Cc2cccs2)nnc1SCC(=O)c1cccc(F)c1. The van der Waals surface area contributed by atoms with Crippen molar-refractivity contribution in [3.8, 4) is 0 Å². The zero-order valence-electron chi connectivity index (χ0n) is 12.4. The third-order valence-electron chi connectivity index (χ3n) is 3.32. The first-order valence-corrected chi connectivity index (χ1v) is 8.82. The Bertz CT molecular complexity index is 815. The van der Waals surface area contributed by atoms with Gasteiger partial charge in [0.05, 0.1) is 5.75 Å². The van der Waals surface area contributed by atoms with Gasteiger partial charge in [-0.15, -0.1) is 21.5 Å². The molecule has 118 valence electrons. The van der Waals surface area contributed by atoms with Gasteiger partial charge in [0.1, 0.15) is 11.6 Å². The fraction of sp³-hybridized carbons (Fsp3) is 0.188. The lowest BCUT2D eigenvalue weighted by Gasteiger charge is -2.03. The van der Waals surface area contributed by atoms with Crippen LogP contribution >= 0.6 is 23.1 Å². The van der Waals surface area contributed by atoms with Gasteiger partial charge in [0.25, 0.3) is 0 Å². The summed E-state index contributed by atoms with van der Waals surface area (Å²) in [7, 11) is 1.89. The van der Waals surface area contributed by atoms with Gasteiger partial charge in [0.15, 0.2) is 10.9 Å². The third-order valence-corrected chi connectivity index (χ3v) is 5.21. The van der Waals surface area contributed by atoms with E-state index in [1.54, 1.807) is 17.4 Å². The molecule has 2 aromatic heterocycles. The van der Waals surface area contributed by atoms with Crippen molar-refractivity contribution in [3.63, 3.8) is 0 Å². The normalized spacial score (nSPS) is 10.9. The molecule has 2 heterocycles. The number of nitrogens with zero attached hydrogens (tertiary/aromatic N) is 3. The molecule has 4 nitrogen and oxygen atoms in total. The molecule has 0 spiro atoms. The number of carbonyl (C=O) groups excluding carboxylic acids is 1. The van der Waals surface area contributed by atoms with Crippen molar-refractivity contribution < 1.29 is 9.18 Å². The molecule has 0 fully saturated rings. The number of Topliss-reactive ketones (excluding diaryl/α,β-unsaturated/α-hetero) is 1. The van der Waals surface area contributed by atoms with Gasteiger partial charge in [-0.05, 0) is 23.6 Å². The van der Waals surface area contributed by atoms with Crippen LogP contribution in [-0.4, -0.2) is 26.3 Å². The molecule has 3 aromatic rings. The Kier molecular flexibility index (Phi) is 4.88. The average molecular weight is 347 g/mol. The van der Waals surface area contributed by atoms with Gasteiger partial charge in [-0.25, -0.2) is 4.39 Å². The molecule has 3 rings (SSSR count). The zero-order valence-corrected chi connectivity index (χ0v) is 14.0. The monoisotopic (exact) mass is 347 g/mol. The van der Waals surface area contributed by atoms with E-state index in [1.165, 1.54) is 34.8 Å². The van der Waals surface area contributed by atoms with Crippen molar-refractivity contribution in [3.05, 3.63) is 63.9 Å². The summed E-state index contributed by atoms with van der Waals surface area (Å²) in [6.07, 6.45) is 0.722. The second kappa shape index (κ2) is 7.06. The van der Waals surface area contributed by atoms with Crippen LogP contribution < -0.4 is 0 Å². The van der Waals surface area contributed by atoms with E-state index in [0.29, 0.717) is 10.7 Å². The highest BCUT2D eigenvalue weighted by atomic mass is 32.2. The van der Waals surface area contributed by atoms with Gasteiger partial charge in [0.2, 0.25) is 0 Å². The highest BCUT2D eigenvalue weighted by molar-refractivity contribution is 7.99. The number of ketones is 1. The van der Waals surface area contributed by atoms with Crippen molar-refractivity contribution in [2.45, 2.75) is 11.6 Å². The van der Waals surface area contributed by atoms with Gasteiger partial charge in [0, 0.05) is 23.9 Å². The number of hydrogen-bond acceptors (Lipinski definition) is 5. The third kappa shape index (κ3) is 3.86. The average Bonchev–Trinajstić information content (AvgIpc) is 3.17. The van der Waals surface area contributed by atoms with Gasteiger partial charge >= 0.3 is 0 Å². The number of aromatic nitrogens is 3. The van der Waals surface area contributed by atoms with Crippen LogP contribution in [0.2, 0.25) is 0 Å². The highest BCUT2D eigenvalue weighted by Gasteiger charge is 2.13. The Morgan fingerprint density at radius 1 is 1.30 bits per heavy atom. The van der Waals surface area contributed by atoms with Crippen LogP contribution in [0.25, 0.3) is 0 Å². The summed E-state index contributed by atoms with van der Waals surface area (Å²) in [5.74, 6) is 0.525. The fourth-order valence-electron chi connectivity index (χ4n) is 2.07. The van der Waals surface area contributed by atoms with Gasteiger partial charge in [-0.1, -0.05) is 30.0 Å². The molecule has 23 heavy (non-hydrogen) atoms. The molecule has 0 atom stereocenters. The zero-order chi connectivity index (χ0) is 16.2. The molecule has 0 N–H and O–H groups in total. The largest absolute Gasteiger partial charge is 0.309 e. The second-order valence-electron chi connectivity index (χ2n) is 4.94. The van der Waals surface area contributed by atoms with Crippen LogP contribution in [0.3, 0.4) is 0 Å². The van der Waals surface area contributed by atoms with Crippen LogP contribution in [-0.2, 0) is 13.5 Å². The molecule has 0 radical (unpaired) electrons. The standard InChI is InChI=1S/C16H14FN3OS2/c1-20-15(9-13-6-3-7-22-13)18-19-16(20)23-10-14(21)11-4-2-5-12(17)8-11/h2-8H,9-10H2,1H3. The number of benzene rings is 1. The fourth-order valence-corrected chi connectivity index (χ4v) is 3.59. The van der Waals surface area contributed by atoms with Crippen molar-refractivity contribution >= 4 is 28.9 Å². The minimum atomic E-state index is -0.405. The Labute approximate surface area is 141 Å². The Morgan fingerprint density at radius 3 is 2.91 bits per heavy atom. The smallest absolute Gasteiger partial charge is 0.191 e. The molecular weight excluding hydrogens is 333 g/mol. The topological polar surface area (TPSA) is 47.8 Å². The number of thiophene rings is 1. The van der Waals surface area contributed by atoms with Crippen LogP contribution in [0.15, 0.2) is 46.9 Å². The maximum Gasteiger partial charge on any atom is 0.191 e. The molecule has 0 bridgehead atoms. The van der Waals surface area contributed by atoms with E-state index in [4.69, 9.17) is 0 Å². The Hall–Kier alpha value is -1.99. The lowest BCUT2D eigenvalue weighted by atomic mass is 10.1. The van der Waals surface area contributed by atoms with Gasteiger partial charge < -0.3 is 4.57 Å². The van der Waals surface area contributed by atoms with Crippen LogP contribution in [0.4, 0.5) is 4.39 Å². The highest BCUT2D eigenvalue weighted by Crippen LogP contribution is 2.20. The molecule has 0 unspecified atom stereocenters. The van der Waals surface area contributed by atoms with E-state index < -0.39 is 5.82 Å². The van der Waals surface area contributed by atoms with Gasteiger partial charge in [-0.2, -0.15) is 0 Å². The van der Waals surface area contributed by atoms with Crippen molar-refractivity contribution in [2.24, 2.45) is 7.05 Å². The van der Waals surface area contributed by atoms with Crippen molar-refractivity contribution in [2.75, 3.05) is 5.75 Å². The van der Waals surface area contributed by atoms with Crippen molar-refractivity contribution in [1.82, 2.24) is 14.8 Å². The van der Waals surface area contributed by atoms with E-state index in [9.17, 15) is 9.18 Å². The van der Waals surface area contributed by atoms with E-state index in [2.05, 4.69) is 16.3 Å². The molecule has 0 aliphatic carbocycles. The minimum Gasteiger partial charge on any atom is -0.309 e. The lowest BCUT2D eigenvalue weighted by Crippen LogP contribution is -2.05.